The summed E-state index contributed by atoms with van der Waals surface area (Å²) in [5.41, 5.74) is 4.16. The van der Waals surface area contributed by atoms with E-state index in [1.165, 1.54) is 0 Å². The van der Waals surface area contributed by atoms with Crippen LogP contribution in [0.15, 0.2) is 31.0 Å². The Kier molecular flexibility index (Phi) is 6.10. The Labute approximate surface area is 212 Å². The van der Waals surface area contributed by atoms with Gasteiger partial charge < -0.3 is 19.9 Å². The number of ether oxygens (including phenoxy) is 1. The van der Waals surface area contributed by atoms with Crippen molar-refractivity contribution >= 4 is 29.2 Å². The number of carbonyl (C=O) groups excluding carboxylic acids is 1. The van der Waals surface area contributed by atoms with E-state index < -0.39 is 0 Å². The van der Waals surface area contributed by atoms with Gasteiger partial charge in [-0.05, 0) is 62.3 Å². The van der Waals surface area contributed by atoms with Gasteiger partial charge in [-0.1, -0.05) is 6.58 Å². The van der Waals surface area contributed by atoms with Crippen LogP contribution < -0.4 is 10.2 Å². The predicted octanol–water partition coefficient (Wildman–Crippen LogP) is 4.22. The largest absolute Gasteiger partial charge is 0.377 e. The molecule has 0 spiro atoms. The molecule has 4 fully saturated rings. The fourth-order valence-electron chi connectivity index (χ4n) is 5.36. The first-order valence-corrected chi connectivity index (χ1v) is 13.1. The van der Waals surface area contributed by atoms with Crippen LogP contribution in [0, 0.1) is 17.2 Å². The van der Waals surface area contributed by atoms with Crippen LogP contribution in [0.2, 0.25) is 0 Å². The fraction of sp³-hybridized carbons (Fsp3) is 0.500. The summed E-state index contributed by atoms with van der Waals surface area (Å²) in [6.07, 6.45) is 9.56. The van der Waals surface area contributed by atoms with E-state index in [2.05, 4.69) is 32.7 Å². The summed E-state index contributed by atoms with van der Waals surface area (Å²) in [5, 5.41) is 13.6. The highest BCUT2D eigenvalue weighted by Gasteiger charge is 2.42. The number of hydrogen-bond acceptors (Lipinski definition) is 7. The van der Waals surface area contributed by atoms with Crippen LogP contribution in [0.1, 0.15) is 61.4 Å². The molecule has 4 heterocycles. The lowest BCUT2D eigenvalue weighted by Crippen LogP contribution is -2.57. The van der Waals surface area contributed by atoms with Gasteiger partial charge in [-0.3, -0.25) is 9.78 Å². The van der Waals surface area contributed by atoms with Gasteiger partial charge in [-0.2, -0.15) is 5.26 Å². The smallest absolute Gasteiger partial charge is 0.225 e. The van der Waals surface area contributed by atoms with Crippen molar-refractivity contribution in [3.63, 3.8) is 0 Å². The molecule has 2 aromatic heterocycles. The first-order chi connectivity index (χ1) is 17.6. The van der Waals surface area contributed by atoms with Gasteiger partial charge in [0, 0.05) is 44.0 Å². The van der Waals surface area contributed by atoms with Gasteiger partial charge in [0.1, 0.15) is 11.9 Å². The lowest BCUT2D eigenvalue weighted by molar-refractivity contribution is -0.142. The van der Waals surface area contributed by atoms with Crippen molar-refractivity contribution in [2.24, 2.45) is 5.92 Å². The number of rotatable bonds is 8. The lowest BCUT2D eigenvalue weighted by atomic mass is 10.0. The zero-order chi connectivity index (χ0) is 24.6. The Hall–Kier alpha value is -3.44. The second-order valence-electron chi connectivity index (χ2n) is 10.4. The van der Waals surface area contributed by atoms with Gasteiger partial charge in [0.05, 0.1) is 41.2 Å². The monoisotopic (exact) mass is 484 g/mol. The molecule has 186 valence electrons. The average Bonchev–Trinajstić information content (AvgIpc) is 3.79. The highest BCUT2D eigenvalue weighted by Crippen LogP contribution is 2.45. The number of nitrogens with one attached hydrogen (secondary N) is 1. The number of nitriles is 1. The molecular formula is C28H32N6O2. The number of hydrogen-bond donors (Lipinski definition) is 1. The first kappa shape index (κ1) is 23.0. The maximum atomic E-state index is 13.1. The molecule has 1 N–H and O–H groups in total. The normalized spacial score (nSPS) is 23.5. The predicted molar refractivity (Wildman–Crippen MR) is 138 cm³/mol. The molecule has 2 aliphatic carbocycles. The van der Waals surface area contributed by atoms with Gasteiger partial charge >= 0.3 is 0 Å². The van der Waals surface area contributed by atoms with Gasteiger partial charge in [-0.15, -0.1) is 0 Å². The summed E-state index contributed by atoms with van der Waals surface area (Å²) in [6, 6.07) is 8.37. The zero-order valence-electron chi connectivity index (χ0n) is 20.5. The summed E-state index contributed by atoms with van der Waals surface area (Å²) in [6.45, 7) is 6.66. The molecule has 2 unspecified atom stereocenters. The summed E-state index contributed by atoms with van der Waals surface area (Å²) in [4.78, 5) is 26.8. The highest BCUT2D eigenvalue weighted by molar-refractivity contribution is 5.78. The SMILES string of the molecule is C=Cc1cc(Nc2cc(C#N)c(N3CCN(C(=O)CC4CCO4)C(C4CC4)C3)nc2C2CC2)ccn1. The van der Waals surface area contributed by atoms with E-state index in [1.54, 1.807) is 12.3 Å². The number of piperazine rings is 1. The quantitative estimate of drug-likeness (QED) is 0.599. The summed E-state index contributed by atoms with van der Waals surface area (Å²) >= 11 is 0. The minimum absolute atomic E-state index is 0.0892. The molecule has 2 aromatic rings. The zero-order valence-corrected chi connectivity index (χ0v) is 20.5. The number of aromatic nitrogens is 2. The third-order valence-corrected chi connectivity index (χ3v) is 7.79. The standard InChI is InChI=1S/C28H32N6O2/c1-2-21-14-22(7-9-30-21)31-24-13-20(16-29)28(32-27(24)19-5-6-19)33-10-11-34(25(17-33)18-3-4-18)26(35)15-23-8-12-36-23/h2,7,9,13-14,18-19,23,25H,1,3-6,8,10-12,15,17H2,(H,30,31). The summed E-state index contributed by atoms with van der Waals surface area (Å²) < 4.78 is 5.51. The Morgan fingerprint density at radius 1 is 1.25 bits per heavy atom. The van der Waals surface area contributed by atoms with Crippen molar-refractivity contribution < 1.29 is 9.53 Å². The van der Waals surface area contributed by atoms with E-state index in [4.69, 9.17) is 9.72 Å². The number of pyridine rings is 2. The van der Waals surface area contributed by atoms with E-state index in [1.807, 2.05) is 18.2 Å². The molecule has 0 bridgehead atoms. The average molecular weight is 485 g/mol. The van der Waals surface area contributed by atoms with Gasteiger partial charge in [0.2, 0.25) is 5.91 Å². The maximum absolute atomic E-state index is 13.1. The van der Waals surface area contributed by atoms with Crippen LogP contribution in [0.5, 0.6) is 0 Å². The van der Waals surface area contributed by atoms with Gasteiger partial charge in [-0.25, -0.2) is 4.98 Å². The van der Waals surface area contributed by atoms with E-state index >= 15 is 0 Å². The Bertz CT molecular complexity index is 1210. The molecule has 8 nitrogen and oxygen atoms in total. The first-order valence-electron chi connectivity index (χ1n) is 13.1. The number of nitrogens with zero attached hydrogens (tertiary/aromatic N) is 5. The van der Waals surface area contributed by atoms with E-state index in [9.17, 15) is 10.1 Å². The van der Waals surface area contributed by atoms with E-state index in [0.717, 1.165) is 73.8 Å². The van der Waals surface area contributed by atoms with Crippen molar-refractivity contribution in [3.8, 4) is 6.07 Å². The minimum Gasteiger partial charge on any atom is -0.377 e. The van der Waals surface area contributed by atoms with Crippen LogP contribution >= 0.6 is 0 Å². The minimum atomic E-state index is 0.0892. The van der Waals surface area contributed by atoms with Crippen molar-refractivity contribution in [1.82, 2.24) is 14.9 Å². The molecule has 36 heavy (non-hydrogen) atoms. The molecule has 2 saturated carbocycles. The Morgan fingerprint density at radius 2 is 2.08 bits per heavy atom. The molecule has 4 aliphatic rings. The van der Waals surface area contributed by atoms with Crippen molar-refractivity contribution in [2.45, 2.75) is 56.6 Å². The molecule has 2 atom stereocenters. The Balaban J connectivity index is 1.26. The van der Waals surface area contributed by atoms with Crippen LogP contribution in [0.25, 0.3) is 6.08 Å². The molecule has 0 aromatic carbocycles. The molecule has 2 saturated heterocycles. The molecule has 8 heteroatoms. The molecular weight excluding hydrogens is 452 g/mol. The van der Waals surface area contributed by atoms with Crippen molar-refractivity contribution in [2.75, 3.05) is 36.5 Å². The van der Waals surface area contributed by atoms with E-state index in [0.29, 0.717) is 36.9 Å². The summed E-state index contributed by atoms with van der Waals surface area (Å²) in [7, 11) is 0. The van der Waals surface area contributed by atoms with Crippen molar-refractivity contribution in [3.05, 3.63) is 47.9 Å². The molecule has 1 amide bonds. The highest BCUT2D eigenvalue weighted by atomic mass is 16.5. The van der Waals surface area contributed by atoms with Crippen LogP contribution in [-0.2, 0) is 9.53 Å². The number of anilines is 3. The topological polar surface area (TPSA) is 94.4 Å². The summed E-state index contributed by atoms with van der Waals surface area (Å²) in [5.74, 6) is 1.91. The Morgan fingerprint density at radius 3 is 2.75 bits per heavy atom. The van der Waals surface area contributed by atoms with E-state index in [-0.39, 0.29) is 18.1 Å². The van der Waals surface area contributed by atoms with Gasteiger partial charge in [0.15, 0.2) is 0 Å². The third kappa shape index (κ3) is 4.68. The molecule has 2 aliphatic heterocycles. The molecule has 0 radical (unpaired) electrons. The second kappa shape index (κ2) is 9.55. The second-order valence-corrected chi connectivity index (χ2v) is 10.4. The number of amides is 1. The fourth-order valence-corrected chi connectivity index (χ4v) is 5.36. The maximum Gasteiger partial charge on any atom is 0.225 e. The van der Waals surface area contributed by atoms with Crippen LogP contribution in [0.3, 0.4) is 0 Å². The third-order valence-electron chi connectivity index (χ3n) is 7.79. The van der Waals surface area contributed by atoms with Crippen LogP contribution in [-0.4, -0.2) is 59.2 Å². The lowest BCUT2D eigenvalue weighted by Gasteiger charge is -2.43. The van der Waals surface area contributed by atoms with Crippen molar-refractivity contribution in [1.29, 1.82) is 5.26 Å². The number of carbonyl (C=O) groups is 1. The van der Waals surface area contributed by atoms with Gasteiger partial charge in [0.25, 0.3) is 0 Å². The molecule has 6 rings (SSSR count). The van der Waals surface area contributed by atoms with Crippen LogP contribution in [0.4, 0.5) is 17.2 Å².